The standard InChI is InChI=1S/C23H23BrF3N7O/c1-13-20(24)15(3)34(29-13)12-32-9-8-19(31-32)22(35)28-21-14(2)30-33(16(21)4)11-17-6-5-7-18(10-17)23(25,26)27/h5-10H,11-12H2,1-4H3,(H,28,35). The van der Waals surface area contributed by atoms with Crippen molar-refractivity contribution >= 4 is 27.5 Å². The average Bonchev–Trinajstić information content (AvgIpc) is 3.44. The number of anilines is 1. The quantitative estimate of drug-likeness (QED) is 0.363. The van der Waals surface area contributed by atoms with Gasteiger partial charge in [-0.05, 0) is 67.4 Å². The van der Waals surface area contributed by atoms with Gasteiger partial charge in [0.1, 0.15) is 6.67 Å². The first-order valence-electron chi connectivity index (χ1n) is 10.7. The van der Waals surface area contributed by atoms with Crippen LogP contribution in [0.15, 0.2) is 41.0 Å². The smallest absolute Gasteiger partial charge is 0.317 e. The second-order valence-corrected chi connectivity index (χ2v) is 9.01. The Morgan fingerprint density at radius 1 is 1.00 bits per heavy atom. The molecular weight excluding hydrogens is 527 g/mol. The molecule has 4 aromatic rings. The molecule has 0 saturated carbocycles. The van der Waals surface area contributed by atoms with Crippen LogP contribution in [-0.4, -0.2) is 35.2 Å². The van der Waals surface area contributed by atoms with E-state index in [1.54, 1.807) is 46.2 Å². The van der Waals surface area contributed by atoms with Gasteiger partial charge >= 0.3 is 6.18 Å². The molecule has 184 valence electrons. The number of aryl methyl sites for hydroxylation is 2. The number of nitrogens with one attached hydrogen (secondary N) is 1. The van der Waals surface area contributed by atoms with E-state index in [-0.39, 0.29) is 12.2 Å². The molecule has 3 heterocycles. The Bertz CT molecular complexity index is 1400. The maximum atomic E-state index is 13.0. The summed E-state index contributed by atoms with van der Waals surface area (Å²) in [7, 11) is 0. The highest BCUT2D eigenvalue weighted by Crippen LogP contribution is 2.30. The van der Waals surface area contributed by atoms with Crippen molar-refractivity contribution in [2.45, 2.75) is 47.1 Å². The third-order valence-corrected chi connectivity index (χ3v) is 6.80. The fourth-order valence-electron chi connectivity index (χ4n) is 3.74. The Balaban J connectivity index is 1.48. The predicted molar refractivity (Wildman–Crippen MR) is 127 cm³/mol. The molecule has 0 fully saturated rings. The third-order valence-electron chi connectivity index (χ3n) is 5.65. The molecule has 0 radical (unpaired) electrons. The molecule has 0 spiro atoms. The maximum Gasteiger partial charge on any atom is 0.416 e. The number of hydrogen-bond acceptors (Lipinski definition) is 4. The molecule has 3 aromatic heterocycles. The second-order valence-electron chi connectivity index (χ2n) is 8.22. The summed E-state index contributed by atoms with van der Waals surface area (Å²) < 4.78 is 45.0. The lowest BCUT2D eigenvalue weighted by Gasteiger charge is -2.10. The molecule has 0 bridgehead atoms. The van der Waals surface area contributed by atoms with E-state index in [1.807, 2.05) is 13.8 Å². The van der Waals surface area contributed by atoms with Crippen LogP contribution in [0, 0.1) is 27.7 Å². The first-order valence-corrected chi connectivity index (χ1v) is 11.5. The Hall–Kier alpha value is -3.41. The van der Waals surface area contributed by atoms with Crippen molar-refractivity contribution in [3.05, 3.63) is 80.6 Å². The van der Waals surface area contributed by atoms with Crippen molar-refractivity contribution in [2.24, 2.45) is 0 Å². The fraction of sp³-hybridized carbons (Fsp3) is 0.304. The van der Waals surface area contributed by atoms with Crippen molar-refractivity contribution < 1.29 is 18.0 Å². The van der Waals surface area contributed by atoms with Gasteiger partial charge in [-0.1, -0.05) is 12.1 Å². The zero-order chi connectivity index (χ0) is 25.5. The molecule has 0 aliphatic heterocycles. The van der Waals surface area contributed by atoms with Crippen LogP contribution in [0.1, 0.15) is 44.4 Å². The van der Waals surface area contributed by atoms with Gasteiger partial charge in [-0.25, -0.2) is 4.68 Å². The summed E-state index contributed by atoms with van der Waals surface area (Å²) in [4.78, 5) is 12.9. The number of carbonyl (C=O) groups excluding carboxylic acids is 1. The van der Waals surface area contributed by atoms with Crippen LogP contribution in [0.2, 0.25) is 0 Å². The van der Waals surface area contributed by atoms with Gasteiger partial charge in [0.2, 0.25) is 0 Å². The highest BCUT2D eigenvalue weighted by atomic mass is 79.9. The van der Waals surface area contributed by atoms with Gasteiger partial charge in [-0.15, -0.1) is 0 Å². The number of alkyl halides is 3. The minimum atomic E-state index is -4.42. The molecule has 1 amide bonds. The van der Waals surface area contributed by atoms with Gasteiger partial charge in [-0.3, -0.25) is 14.2 Å². The SMILES string of the molecule is Cc1nn(Cn2ccc(C(=O)Nc3c(C)nn(Cc4cccc(C(F)(F)F)c4)c3C)n2)c(C)c1Br. The minimum absolute atomic E-state index is 0.138. The number of nitrogens with zero attached hydrogens (tertiary/aromatic N) is 6. The summed E-state index contributed by atoms with van der Waals surface area (Å²) in [5.41, 5.74) is 3.44. The Labute approximate surface area is 207 Å². The molecule has 0 aliphatic rings. The van der Waals surface area contributed by atoms with Crippen LogP contribution in [0.4, 0.5) is 18.9 Å². The zero-order valence-corrected chi connectivity index (χ0v) is 21.1. The molecule has 0 saturated heterocycles. The van der Waals surface area contributed by atoms with Crippen LogP contribution < -0.4 is 5.32 Å². The predicted octanol–water partition coefficient (Wildman–Crippen LogP) is 5.10. The van der Waals surface area contributed by atoms with E-state index in [1.165, 1.54) is 6.07 Å². The molecular formula is C23H23BrF3N7O. The highest BCUT2D eigenvalue weighted by Gasteiger charge is 2.30. The van der Waals surface area contributed by atoms with E-state index in [4.69, 9.17) is 0 Å². The van der Waals surface area contributed by atoms with Crippen molar-refractivity contribution in [1.29, 1.82) is 0 Å². The lowest BCUT2D eigenvalue weighted by molar-refractivity contribution is -0.137. The number of carbonyl (C=O) groups is 1. The molecule has 0 unspecified atom stereocenters. The van der Waals surface area contributed by atoms with Crippen molar-refractivity contribution in [2.75, 3.05) is 5.32 Å². The first-order chi connectivity index (χ1) is 16.4. The van der Waals surface area contributed by atoms with Gasteiger partial charge in [0.05, 0.1) is 45.0 Å². The van der Waals surface area contributed by atoms with E-state index >= 15 is 0 Å². The van der Waals surface area contributed by atoms with Crippen molar-refractivity contribution in [3.63, 3.8) is 0 Å². The number of aromatic nitrogens is 6. The summed E-state index contributed by atoms with van der Waals surface area (Å²) in [6.45, 7) is 7.79. The minimum Gasteiger partial charge on any atom is -0.317 e. The largest absolute Gasteiger partial charge is 0.416 e. The van der Waals surface area contributed by atoms with Crippen molar-refractivity contribution in [1.82, 2.24) is 29.3 Å². The van der Waals surface area contributed by atoms with E-state index < -0.39 is 17.6 Å². The number of benzene rings is 1. The fourth-order valence-corrected chi connectivity index (χ4v) is 4.02. The van der Waals surface area contributed by atoms with Crippen LogP contribution in [-0.2, 0) is 19.4 Å². The lowest BCUT2D eigenvalue weighted by Crippen LogP contribution is -2.16. The third kappa shape index (κ3) is 5.16. The molecule has 35 heavy (non-hydrogen) atoms. The highest BCUT2D eigenvalue weighted by molar-refractivity contribution is 9.10. The molecule has 4 rings (SSSR count). The molecule has 12 heteroatoms. The summed E-state index contributed by atoms with van der Waals surface area (Å²) in [6, 6.07) is 6.71. The van der Waals surface area contributed by atoms with E-state index in [0.717, 1.165) is 28.0 Å². The monoisotopic (exact) mass is 549 g/mol. The summed E-state index contributed by atoms with van der Waals surface area (Å²) in [5, 5.41) is 16.0. The van der Waals surface area contributed by atoms with Gasteiger partial charge in [0, 0.05) is 6.20 Å². The molecule has 0 atom stereocenters. The number of hydrogen-bond donors (Lipinski definition) is 1. The van der Waals surface area contributed by atoms with Crippen LogP contribution in [0.25, 0.3) is 0 Å². The van der Waals surface area contributed by atoms with E-state index in [0.29, 0.717) is 29.3 Å². The van der Waals surface area contributed by atoms with E-state index in [9.17, 15) is 18.0 Å². The van der Waals surface area contributed by atoms with Crippen LogP contribution in [0.3, 0.4) is 0 Å². The Kier molecular flexibility index (Phi) is 6.58. The van der Waals surface area contributed by atoms with Crippen LogP contribution >= 0.6 is 15.9 Å². The van der Waals surface area contributed by atoms with E-state index in [2.05, 4.69) is 36.5 Å². The number of rotatable bonds is 6. The summed E-state index contributed by atoms with van der Waals surface area (Å²) in [6.07, 6.45) is -2.73. The average molecular weight is 550 g/mol. The van der Waals surface area contributed by atoms with Gasteiger partial charge in [0.25, 0.3) is 5.91 Å². The lowest BCUT2D eigenvalue weighted by atomic mass is 10.1. The molecule has 0 aliphatic carbocycles. The Morgan fingerprint density at radius 3 is 2.37 bits per heavy atom. The maximum absolute atomic E-state index is 13.0. The zero-order valence-electron chi connectivity index (χ0n) is 19.5. The molecule has 1 aromatic carbocycles. The Morgan fingerprint density at radius 2 is 1.71 bits per heavy atom. The van der Waals surface area contributed by atoms with Crippen LogP contribution in [0.5, 0.6) is 0 Å². The number of amides is 1. The summed E-state index contributed by atoms with van der Waals surface area (Å²) >= 11 is 3.49. The van der Waals surface area contributed by atoms with Gasteiger partial charge < -0.3 is 5.32 Å². The second kappa shape index (κ2) is 9.33. The molecule has 8 nitrogen and oxygen atoms in total. The number of halogens is 4. The normalized spacial score (nSPS) is 11.8. The van der Waals surface area contributed by atoms with Crippen molar-refractivity contribution in [3.8, 4) is 0 Å². The van der Waals surface area contributed by atoms with Gasteiger partial charge in [0.15, 0.2) is 5.69 Å². The first kappa shape index (κ1) is 24.7. The molecule has 1 N–H and O–H groups in total. The van der Waals surface area contributed by atoms with Gasteiger partial charge in [-0.2, -0.15) is 28.5 Å². The summed E-state index contributed by atoms with van der Waals surface area (Å²) in [5.74, 6) is -0.414. The topological polar surface area (TPSA) is 82.6 Å².